The molecule has 0 saturated heterocycles. The number of carbonyl (C=O) groups excluding carboxylic acids is 1. The molecular weight excluding hydrogens is 390 g/mol. The minimum Gasteiger partial charge on any atom is -0.508 e. The van der Waals surface area contributed by atoms with Gasteiger partial charge in [0.25, 0.3) is 0 Å². The highest BCUT2D eigenvalue weighted by Crippen LogP contribution is 2.41. The summed E-state index contributed by atoms with van der Waals surface area (Å²) in [5.41, 5.74) is 3.70. The van der Waals surface area contributed by atoms with Gasteiger partial charge in [0.1, 0.15) is 17.6 Å². The van der Waals surface area contributed by atoms with Gasteiger partial charge in [-0.1, -0.05) is 35.9 Å². The second kappa shape index (κ2) is 7.64. The van der Waals surface area contributed by atoms with Crippen molar-refractivity contribution in [3.8, 4) is 16.9 Å². The predicted molar refractivity (Wildman–Crippen MR) is 112 cm³/mol. The molecule has 3 aromatic rings. The van der Waals surface area contributed by atoms with Crippen LogP contribution in [0.4, 0.5) is 5.82 Å². The Morgan fingerprint density at radius 1 is 1.28 bits per heavy atom. The third-order valence-corrected chi connectivity index (χ3v) is 5.11. The third-order valence-electron chi connectivity index (χ3n) is 4.86. The average molecular weight is 410 g/mol. The topological polar surface area (TPSA) is 76.4 Å². The van der Waals surface area contributed by atoms with Crippen molar-refractivity contribution >= 4 is 23.4 Å². The van der Waals surface area contributed by atoms with Crippen molar-refractivity contribution in [2.45, 2.75) is 19.9 Å². The lowest BCUT2D eigenvalue weighted by Crippen LogP contribution is -2.29. The summed E-state index contributed by atoms with van der Waals surface area (Å²) in [6, 6.07) is 13.8. The number of rotatable bonds is 4. The molecule has 2 N–H and O–H groups in total. The van der Waals surface area contributed by atoms with Gasteiger partial charge in [-0.25, -0.2) is 9.48 Å². The molecule has 1 aliphatic heterocycles. The van der Waals surface area contributed by atoms with Crippen molar-refractivity contribution in [2.75, 3.05) is 11.9 Å². The smallest absolute Gasteiger partial charge is 0.338 e. The monoisotopic (exact) mass is 409 g/mol. The van der Waals surface area contributed by atoms with Gasteiger partial charge >= 0.3 is 5.97 Å². The summed E-state index contributed by atoms with van der Waals surface area (Å²) in [6.07, 6.45) is 1.75. The summed E-state index contributed by atoms with van der Waals surface area (Å²) in [4.78, 5) is 12.8. The summed E-state index contributed by atoms with van der Waals surface area (Å²) < 4.78 is 7.05. The van der Waals surface area contributed by atoms with Crippen LogP contribution in [0.3, 0.4) is 0 Å². The molecule has 7 heteroatoms. The van der Waals surface area contributed by atoms with Gasteiger partial charge < -0.3 is 15.2 Å². The van der Waals surface area contributed by atoms with E-state index in [4.69, 9.17) is 16.3 Å². The number of ether oxygens (including phenoxy) is 1. The van der Waals surface area contributed by atoms with Gasteiger partial charge in [-0.15, -0.1) is 0 Å². The van der Waals surface area contributed by atoms with Crippen LogP contribution in [0.1, 0.15) is 25.5 Å². The Morgan fingerprint density at radius 3 is 2.72 bits per heavy atom. The SMILES string of the molecule is CCOC(=O)C1=C(C)Nc2c(-c3ccc(Cl)cc3)cnn2[C@@H]1c1cccc(O)c1. The van der Waals surface area contributed by atoms with E-state index < -0.39 is 12.0 Å². The number of hydrogen-bond acceptors (Lipinski definition) is 5. The first-order chi connectivity index (χ1) is 14.0. The number of nitrogens with one attached hydrogen (secondary N) is 1. The van der Waals surface area contributed by atoms with Gasteiger partial charge in [-0.05, 0) is 49.2 Å². The second-order valence-electron chi connectivity index (χ2n) is 6.74. The van der Waals surface area contributed by atoms with Crippen LogP contribution in [0.25, 0.3) is 11.1 Å². The molecule has 0 bridgehead atoms. The van der Waals surface area contributed by atoms with E-state index in [1.807, 2.05) is 37.3 Å². The fourth-order valence-electron chi connectivity index (χ4n) is 3.57. The van der Waals surface area contributed by atoms with E-state index in [-0.39, 0.29) is 12.4 Å². The summed E-state index contributed by atoms with van der Waals surface area (Å²) in [5, 5.41) is 18.5. The van der Waals surface area contributed by atoms with E-state index >= 15 is 0 Å². The highest BCUT2D eigenvalue weighted by Gasteiger charge is 2.35. The summed E-state index contributed by atoms with van der Waals surface area (Å²) in [7, 11) is 0. The minimum atomic E-state index is -0.529. The molecule has 1 aromatic heterocycles. The normalized spacial score (nSPS) is 15.6. The van der Waals surface area contributed by atoms with E-state index in [0.29, 0.717) is 16.3 Å². The zero-order chi connectivity index (χ0) is 20.5. The van der Waals surface area contributed by atoms with Gasteiger partial charge in [-0.3, -0.25) is 0 Å². The third kappa shape index (κ3) is 3.47. The lowest BCUT2D eigenvalue weighted by molar-refractivity contribution is -0.139. The number of fused-ring (bicyclic) bond motifs is 1. The van der Waals surface area contributed by atoms with Crippen LogP contribution in [0.2, 0.25) is 5.02 Å². The van der Waals surface area contributed by atoms with E-state index in [9.17, 15) is 9.90 Å². The Balaban J connectivity index is 1.89. The molecule has 1 aliphatic rings. The van der Waals surface area contributed by atoms with Crippen LogP contribution in [-0.4, -0.2) is 27.5 Å². The molecule has 2 heterocycles. The fraction of sp³-hybridized carbons (Fsp3) is 0.182. The Hall–Kier alpha value is -3.25. The fourth-order valence-corrected chi connectivity index (χ4v) is 3.70. The summed E-state index contributed by atoms with van der Waals surface area (Å²) in [5.74, 6) is 0.458. The first-order valence-electron chi connectivity index (χ1n) is 9.27. The van der Waals surface area contributed by atoms with Crippen LogP contribution >= 0.6 is 11.6 Å². The Kier molecular flexibility index (Phi) is 5.03. The first kappa shape index (κ1) is 19.1. The molecule has 148 valence electrons. The molecule has 0 aliphatic carbocycles. The van der Waals surface area contributed by atoms with Crippen LogP contribution in [-0.2, 0) is 9.53 Å². The second-order valence-corrected chi connectivity index (χ2v) is 7.18. The zero-order valence-electron chi connectivity index (χ0n) is 16.0. The van der Waals surface area contributed by atoms with Crippen molar-refractivity contribution in [1.29, 1.82) is 0 Å². The maximum absolute atomic E-state index is 12.8. The molecule has 0 amide bonds. The molecular formula is C22H20ClN3O3. The predicted octanol–water partition coefficient (Wildman–Crippen LogP) is 4.76. The Morgan fingerprint density at radius 2 is 2.03 bits per heavy atom. The lowest BCUT2D eigenvalue weighted by Gasteiger charge is -2.29. The number of allylic oxidation sites excluding steroid dienone is 1. The zero-order valence-corrected chi connectivity index (χ0v) is 16.8. The molecule has 29 heavy (non-hydrogen) atoms. The number of hydrogen-bond donors (Lipinski definition) is 2. The van der Waals surface area contributed by atoms with Crippen LogP contribution in [0, 0.1) is 0 Å². The first-order valence-corrected chi connectivity index (χ1v) is 9.64. The van der Waals surface area contributed by atoms with Crippen molar-refractivity contribution in [1.82, 2.24) is 9.78 Å². The molecule has 6 nitrogen and oxygen atoms in total. The number of esters is 1. The van der Waals surface area contributed by atoms with E-state index in [1.54, 1.807) is 36.0 Å². The molecule has 0 saturated carbocycles. The number of aromatic nitrogens is 2. The largest absolute Gasteiger partial charge is 0.508 e. The summed E-state index contributed by atoms with van der Waals surface area (Å²) in [6.45, 7) is 3.87. The molecule has 0 spiro atoms. The highest BCUT2D eigenvalue weighted by molar-refractivity contribution is 6.30. The van der Waals surface area contributed by atoms with Crippen molar-refractivity contribution in [2.24, 2.45) is 0 Å². The Bertz CT molecular complexity index is 1100. The quantitative estimate of drug-likeness (QED) is 0.607. The van der Waals surface area contributed by atoms with Gasteiger partial charge in [0.05, 0.1) is 18.4 Å². The molecule has 2 aromatic carbocycles. The number of benzene rings is 2. The number of carbonyl (C=O) groups is 1. The lowest BCUT2D eigenvalue weighted by atomic mass is 9.95. The van der Waals surface area contributed by atoms with E-state index in [1.165, 1.54) is 0 Å². The molecule has 0 radical (unpaired) electrons. The number of anilines is 1. The van der Waals surface area contributed by atoms with Gasteiger partial charge in [0.15, 0.2) is 0 Å². The van der Waals surface area contributed by atoms with Crippen molar-refractivity contribution in [3.63, 3.8) is 0 Å². The minimum absolute atomic E-state index is 0.119. The van der Waals surface area contributed by atoms with Gasteiger partial charge in [0.2, 0.25) is 0 Å². The molecule has 0 fully saturated rings. The maximum atomic E-state index is 12.8. The summed E-state index contributed by atoms with van der Waals surface area (Å²) >= 11 is 6.02. The maximum Gasteiger partial charge on any atom is 0.338 e. The molecule has 1 atom stereocenters. The van der Waals surface area contributed by atoms with E-state index in [2.05, 4.69) is 10.4 Å². The number of phenols is 1. The van der Waals surface area contributed by atoms with Crippen LogP contribution in [0.5, 0.6) is 5.75 Å². The van der Waals surface area contributed by atoms with Crippen LogP contribution < -0.4 is 5.32 Å². The molecule has 0 unspecified atom stereocenters. The number of halogens is 1. The number of nitrogens with zero attached hydrogens (tertiary/aromatic N) is 2. The van der Waals surface area contributed by atoms with Gasteiger partial charge in [0, 0.05) is 16.3 Å². The van der Waals surface area contributed by atoms with Crippen molar-refractivity contribution < 1.29 is 14.6 Å². The van der Waals surface area contributed by atoms with Gasteiger partial charge in [-0.2, -0.15) is 5.10 Å². The Labute approximate surface area is 173 Å². The highest BCUT2D eigenvalue weighted by atomic mass is 35.5. The molecule has 4 rings (SSSR count). The van der Waals surface area contributed by atoms with Crippen molar-refractivity contribution in [3.05, 3.63) is 76.6 Å². The average Bonchev–Trinajstić information content (AvgIpc) is 3.11. The standard InChI is InChI=1S/C22H20ClN3O3/c1-3-29-22(28)19-13(2)25-21-18(14-7-9-16(23)10-8-14)12-24-26(21)20(19)15-5-4-6-17(27)11-15/h4-12,20,25,27H,3H2,1-2H3/t20-/m1/s1. The van der Waals surface area contributed by atoms with Crippen LogP contribution in [0.15, 0.2) is 66.0 Å². The van der Waals surface area contributed by atoms with E-state index in [0.717, 1.165) is 22.5 Å². The number of aromatic hydroxyl groups is 1. The number of phenolic OH excluding ortho intramolecular Hbond substituents is 1.